The summed E-state index contributed by atoms with van der Waals surface area (Å²) in [5, 5.41) is 1.05. The van der Waals surface area contributed by atoms with E-state index in [2.05, 4.69) is 4.99 Å². The average molecular weight is 597 g/mol. The zero-order chi connectivity index (χ0) is 28.4. The molecule has 3 aromatic carbocycles. The molecule has 0 radical (unpaired) electrons. The minimum atomic E-state index is -0.839. The van der Waals surface area contributed by atoms with Gasteiger partial charge in [0, 0.05) is 21.2 Å². The lowest BCUT2D eigenvalue weighted by Gasteiger charge is -2.24. The SMILES string of the molecule is CCOC(=O)C1=C(C)N=c2s/c(=C\c3cc(Cl)ccc3OCc3ccccc3Cl)c(=O)n2[C@H]1c1ccc(F)cc1. The molecule has 0 bridgehead atoms. The van der Waals surface area contributed by atoms with E-state index >= 15 is 0 Å². The second kappa shape index (κ2) is 11.8. The van der Waals surface area contributed by atoms with Crippen LogP contribution in [0.3, 0.4) is 0 Å². The van der Waals surface area contributed by atoms with Gasteiger partial charge >= 0.3 is 5.97 Å². The summed E-state index contributed by atoms with van der Waals surface area (Å²) in [6, 6.07) is 17.3. The Kier molecular flexibility index (Phi) is 8.21. The molecule has 0 N–H and O–H groups in total. The summed E-state index contributed by atoms with van der Waals surface area (Å²) in [5.74, 6) is -0.508. The van der Waals surface area contributed by atoms with E-state index in [4.69, 9.17) is 32.7 Å². The van der Waals surface area contributed by atoms with Gasteiger partial charge in [0.25, 0.3) is 5.56 Å². The largest absolute Gasteiger partial charge is 0.488 e. The molecule has 0 aliphatic carbocycles. The van der Waals surface area contributed by atoms with Crippen LogP contribution in [0.5, 0.6) is 5.75 Å². The van der Waals surface area contributed by atoms with Gasteiger partial charge in [0.15, 0.2) is 4.80 Å². The first kappa shape index (κ1) is 27.8. The summed E-state index contributed by atoms with van der Waals surface area (Å²) < 4.78 is 26.9. The van der Waals surface area contributed by atoms with Crippen LogP contribution in [0.1, 0.15) is 36.6 Å². The number of aromatic nitrogens is 1. The van der Waals surface area contributed by atoms with E-state index in [0.29, 0.717) is 42.0 Å². The van der Waals surface area contributed by atoms with Gasteiger partial charge in [-0.1, -0.05) is 64.9 Å². The Labute approximate surface area is 243 Å². The molecule has 0 spiro atoms. The highest BCUT2D eigenvalue weighted by molar-refractivity contribution is 7.07. The van der Waals surface area contributed by atoms with Crippen LogP contribution in [-0.4, -0.2) is 17.1 Å². The fourth-order valence-electron chi connectivity index (χ4n) is 4.43. The first-order valence-corrected chi connectivity index (χ1v) is 13.9. The van der Waals surface area contributed by atoms with E-state index in [-0.39, 0.29) is 24.3 Å². The third kappa shape index (κ3) is 5.61. The molecular formula is C30H23Cl2FN2O4S. The highest BCUT2D eigenvalue weighted by atomic mass is 35.5. The summed E-state index contributed by atoms with van der Waals surface area (Å²) in [6.45, 7) is 3.77. The molecule has 1 atom stereocenters. The molecule has 1 aliphatic heterocycles. The highest BCUT2D eigenvalue weighted by Gasteiger charge is 2.33. The third-order valence-electron chi connectivity index (χ3n) is 6.30. The van der Waals surface area contributed by atoms with Crippen molar-refractivity contribution >= 4 is 46.6 Å². The molecule has 1 aromatic heterocycles. The minimum absolute atomic E-state index is 0.155. The number of ether oxygens (including phenoxy) is 2. The van der Waals surface area contributed by atoms with Crippen LogP contribution in [-0.2, 0) is 16.1 Å². The van der Waals surface area contributed by atoms with Crippen molar-refractivity contribution in [3.63, 3.8) is 0 Å². The summed E-state index contributed by atoms with van der Waals surface area (Å²) in [7, 11) is 0. The fraction of sp³-hybridized carbons (Fsp3) is 0.167. The highest BCUT2D eigenvalue weighted by Crippen LogP contribution is 2.31. The molecule has 204 valence electrons. The quantitative estimate of drug-likeness (QED) is 0.252. The number of carbonyl (C=O) groups is 1. The van der Waals surface area contributed by atoms with E-state index in [1.807, 2.05) is 18.2 Å². The van der Waals surface area contributed by atoms with E-state index in [1.54, 1.807) is 56.3 Å². The molecule has 0 unspecified atom stereocenters. The predicted octanol–water partition coefficient (Wildman–Crippen LogP) is 5.82. The molecular weight excluding hydrogens is 574 g/mol. The first-order chi connectivity index (χ1) is 19.3. The van der Waals surface area contributed by atoms with Crippen molar-refractivity contribution in [1.29, 1.82) is 0 Å². The Morgan fingerprint density at radius 2 is 1.88 bits per heavy atom. The van der Waals surface area contributed by atoms with Gasteiger partial charge in [-0.2, -0.15) is 0 Å². The number of thiazole rings is 1. The second-order valence-corrected chi connectivity index (χ2v) is 10.8. The maximum Gasteiger partial charge on any atom is 0.338 e. The van der Waals surface area contributed by atoms with Gasteiger partial charge in [-0.05, 0) is 61.9 Å². The third-order valence-corrected chi connectivity index (χ3v) is 7.89. The second-order valence-electron chi connectivity index (χ2n) is 8.92. The Morgan fingerprint density at radius 3 is 2.60 bits per heavy atom. The molecule has 6 nitrogen and oxygen atoms in total. The van der Waals surface area contributed by atoms with Gasteiger partial charge in [-0.3, -0.25) is 9.36 Å². The van der Waals surface area contributed by atoms with E-state index < -0.39 is 17.8 Å². The van der Waals surface area contributed by atoms with Crippen LogP contribution in [0.25, 0.3) is 6.08 Å². The fourth-order valence-corrected chi connectivity index (χ4v) is 5.84. The molecule has 0 fully saturated rings. The monoisotopic (exact) mass is 596 g/mol. The number of nitrogens with zero attached hydrogens (tertiary/aromatic N) is 2. The number of hydrogen-bond donors (Lipinski definition) is 0. The van der Waals surface area contributed by atoms with Crippen LogP contribution in [0.4, 0.5) is 4.39 Å². The smallest absolute Gasteiger partial charge is 0.338 e. The van der Waals surface area contributed by atoms with Crippen molar-refractivity contribution in [2.75, 3.05) is 6.61 Å². The maximum atomic E-state index is 13.9. The van der Waals surface area contributed by atoms with Crippen molar-refractivity contribution < 1.29 is 18.7 Å². The zero-order valence-corrected chi connectivity index (χ0v) is 23.8. The van der Waals surface area contributed by atoms with Crippen LogP contribution in [0, 0.1) is 5.82 Å². The van der Waals surface area contributed by atoms with Crippen LogP contribution in [0.15, 0.2) is 87.8 Å². The summed E-state index contributed by atoms with van der Waals surface area (Å²) in [5.41, 5.74) is 2.23. The van der Waals surface area contributed by atoms with Gasteiger partial charge < -0.3 is 9.47 Å². The first-order valence-electron chi connectivity index (χ1n) is 12.4. The molecule has 10 heteroatoms. The Morgan fingerprint density at radius 1 is 1.12 bits per heavy atom. The number of carbonyl (C=O) groups excluding carboxylic acids is 1. The number of benzene rings is 3. The number of hydrogen-bond acceptors (Lipinski definition) is 6. The van der Waals surface area contributed by atoms with Gasteiger partial charge in [0.05, 0.1) is 28.5 Å². The van der Waals surface area contributed by atoms with Crippen LogP contribution in [0.2, 0.25) is 10.0 Å². The van der Waals surface area contributed by atoms with Crippen molar-refractivity contribution in [2.45, 2.75) is 26.5 Å². The average Bonchev–Trinajstić information content (AvgIpc) is 3.23. The van der Waals surface area contributed by atoms with Crippen molar-refractivity contribution in [3.05, 3.63) is 130 Å². The van der Waals surface area contributed by atoms with E-state index in [1.165, 1.54) is 28.0 Å². The van der Waals surface area contributed by atoms with Gasteiger partial charge in [0.1, 0.15) is 18.2 Å². The van der Waals surface area contributed by atoms with Gasteiger partial charge in [0.2, 0.25) is 0 Å². The van der Waals surface area contributed by atoms with E-state index in [0.717, 1.165) is 5.56 Å². The molecule has 0 amide bonds. The number of rotatable bonds is 7. The van der Waals surface area contributed by atoms with Crippen molar-refractivity contribution in [2.24, 2.45) is 4.99 Å². The normalized spacial score (nSPS) is 15.0. The summed E-state index contributed by atoms with van der Waals surface area (Å²) >= 11 is 13.8. The van der Waals surface area contributed by atoms with Crippen molar-refractivity contribution in [3.8, 4) is 5.75 Å². The maximum absolute atomic E-state index is 13.9. The number of esters is 1. The number of fused-ring (bicyclic) bond motifs is 1. The van der Waals surface area contributed by atoms with Gasteiger partial charge in [-0.15, -0.1) is 0 Å². The number of halogens is 3. The minimum Gasteiger partial charge on any atom is -0.488 e. The molecule has 4 aromatic rings. The summed E-state index contributed by atoms with van der Waals surface area (Å²) in [6.07, 6.45) is 1.68. The lowest BCUT2D eigenvalue weighted by molar-refractivity contribution is -0.139. The van der Waals surface area contributed by atoms with E-state index in [9.17, 15) is 14.0 Å². The molecule has 0 saturated heterocycles. The topological polar surface area (TPSA) is 69.9 Å². The molecule has 2 heterocycles. The lowest BCUT2D eigenvalue weighted by Crippen LogP contribution is -2.39. The van der Waals surface area contributed by atoms with Crippen LogP contribution >= 0.6 is 34.5 Å². The van der Waals surface area contributed by atoms with Gasteiger partial charge in [-0.25, -0.2) is 14.2 Å². The van der Waals surface area contributed by atoms with Crippen LogP contribution < -0.4 is 19.6 Å². The predicted molar refractivity (Wildman–Crippen MR) is 154 cm³/mol. The standard InChI is InChI=1S/C30H23Cl2FN2O4S/c1-3-38-29(37)26-17(2)34-30-35(27(26)18-8-11-22(33)12-9-18)28(36)25(40-30)15-20-14-21(31)10-13-24(20)39-16-19-6-4-5-7-23(19)32/h4-15,27H,3,16H2,1-2H3/b25-15-/t27-/m0/s1. The Hall–Kier alpha value is -3.72. The Bertz CT molecular complexity index is 1810. The number of allylic oxidation sites excluding steroid dienone is 1. The molecule has 5 rings (SSSR count). The zero-order valence-electron chi connectivity index (χ0n) is 21.5. The Balaban J connectivity index is 1.62. The molecule has 1 aliphatic rings. The summed E-state index contributed by atoms with van der Waals surface area (Å²) in [4.78, 5) is 31.8. The molecule has 40 heavy (non-hydrogen) atoms. The molecule has 0 saturated carbocycles. The van der Waals surface area contributed by atoms with Crippen molar-refractivity contribution in [1.82, 2.24) is 4.57 Å². The lowest BCUT2D eigenvalue weighted by atomic mass is 9.96.